The maximum absolute atomic E-state index is 13.4. The molecule has 2 N–H and O–H groups in total. The second-order valence-corrected chi connectivity index (χ2v) is 9.80. The highest BCUT2D eigenvalue weighted by atomic mass is 16.2. The average molecular weight is 502 g/mol. The first kappa shape index (κ1) is 25.0. The summed E-state index contributed by atoms with van der Waals surface area (Å²) in [5.74, 6) is -0.300. The van der Waals surface area contributed by atoms with Crippen LogP contribution in [0.4, 0.5) is 5.69 Å². The minimum atomic E-state index is -0.160. The van der Waals surface area contributed by atoms with Gasteiger partial charge in [-0.1, -0.05) is 66.2 Å². The predicted molar refractivity (Wildman–Crippen MR) is 154 cm³/mol. The number of hydrogen-bond acceptors (Lipinski definition) is 2. The monoisotopic (exact) mass is 501 g/mol. The van der Waals surface area contributed by atoms with Gasteiger partial charge in [0.05, 0.1) is 0 Å². The molecule has 1 aromatic heterocycles. The molecule has 1 heterocycles. The Bertz CT molecular complexity index is 1630. The van der Waals surface area contributed by atoms with E-state index in [1.165, 1.54) is 5.56 Å². The predicted octanol–water partition coefficient (Wildman–Crippen LogP) is 6.80. The van der Waals surface area contributed by atoms with Crippen molar-refractivity contribution in [2.24, 2.45) is 0 Å². The molecule has 4 aromatic carbocycles. The molecule has 5 nitrogen and oxygen atoms in total. The Balaban J connectivity index is 1.46. The van der Waals surface area contributed by atoms with Crippen LogP contribution in [0.5, 0.6) is 0 Å². The van der Waals surface area contributed by atoms with Crippen LogP contribution in [0.25, 0.3) is 10.9 Å². The van der Waals surface area contributed by atoms with Crippen LogP contribution >= 0.6 is 0 Å². The molecule has 0 fully saturated rings. The minimum absolute atomic E-state index is 0.140. The molecule has 38 heavy (non-hydrogen) atoms. The zero-order valence-corrected chi connectivity index (χ0v) is 21.9. The molecule has 5 aromatic rings. The summed E-state index contributed by atoms with van der Waals surface area (Å²) in [6, 6.07) is 31.6. The molecule has 0 atom stereocenters. The highest BCUT2D eigenvalue weighted by Crippen LogP contribution is 2.26. The maximum atomic E-state index is 13.4. The van der Waals surface area contributed by atoms with Gasteiger partial charge in [-0.25, -0.2) is 0 Å². The molecular formula is C33H31N3O2. The Kier molecular flexibility index (Phi) is 7.09. The van der Waals surface area contributed by atoms with Gasteiger partial charge in [-0.2, -0.15) is 0 Å². The van der Waals surface area contributed by atoms with Crippen molar-refractivity contribution >= 4 is 28.4 Å². The van der Waals surface area contributed by atoms with Crippen molar-refractivity contribution in [2.75, 3.05) is 5.32 Å². The summed E-state index contributed by atoms with van der Waals surface area (Å²) < 4.78 is 2.04. The van der Waals surface area contributed by atoms with Gasteiger partial charge in [0.25, 0.3) is 11.8 Å². The van der Waals surface area contributed by atoms with Gasteiger partial charge < -0.3 is 15.2 Å². The minimum Gasteiger partial charge on any atom is -0.347 e. The first-order valence-corrected chi connectivity index (χ1v) is 12.8. The number of aryl methyl sites for hydroxylation is 3. The molecule has 0 radical (unpaired) electrons. The summed E-state index contributed by atoms with van der Waals surface area (Å²) in [6.45, 7) is 7.10. The topological polar surface area (TPSA) is 63.1 Å². The molecule has 0 bridgehead atoms. The summed E-state index contributed by atoms with van der Waals surface area (Å²) in [5, 5.41) is 6.96. The van der Waals surface area contributed by atoms with Gasteiger partial charge >= 0.3 is 0 Å². The van der Waals surface area contributed by atoms with E-state index in [1.54, 1.807) is 0 Å². The van der Waals surface area contributed by atoms with Crippen molar-refractivity contribution in [2.45, 2.75) is 33.9 Å². The lowest BCUT2D eigenvalue weighted by Crippen LogP contribution is -2.25. The van der Waals surface area contributed by atoms with E-state index in [0.717, 1.165) is 33.2 Å². The van der Waals surface area contributed by atoms with E-state index in [-0.39, 0.29) is 11.8 Å². The number of anilines is 1. The number of carbonyl (C=O) groups is 2. The Morgan fingerprint density at radius 1 is 0.711 bits per heavy atom. The standard InChI is InChI=1S/C33H31N3O2/c1-22-8-7-11-26(16-22)21-36-30-15-14-29(35-32(37)27-13-12-23(2)24(3)17-27)18-28(30)19-31(36)33(38)34-20-25-9-5-4-6-10-25/h4-19H,20-21H2,1-3H3,(H,34,38)(H,35,37). The fraction of sp³-hybridized carbons (Fsp3) is 0.152. The number of nitrogens with zero attached hydrogens (tertiary/aromatic N) is 1. The van der Waals surface area contributed by atoms with Crippen molar-refractivity contribution < 1.29 is 9.59 Å². The zero-order valence-electron chi connectivity index (χ0n) is 21.9. The van der Waals surface area contributed by atoms with Crippen LogP contribution in [0.15, 0.2) is 97.1 Å². The number of aromatic nitrogens is 1. The van der Waals surface area contributed by atoms with E-state index in [9.17, 15) is 9.59 Å². The number of hydrogen-bond donors (Lipinski definition) is 2. The van der Waals surface area contributed by atoms with E-state index in [4.69, 9.17) is 0 Å². The molecule has 0 aliphatic rings. The van der Waals surface area contributed by atoms with Crippen LogP contribution in [0.2, 0.25) is 0 Å². The van der Waals surface area contributed by atoms with Crippen LogP contribution in [0.3, 0.4) is 0 Å². The van der Waals surface area contributed by atoms with Gasteiger partial charge in [-0.15, -0.1) is 0 Å². The van der Waals surface area contributed by atoms with Gasteiger partial charge in [-0.3, -0.25) is 9.59 Å². The third-order valence-electron chi connectivity index (χ3n) is 6.88. The molecular weight excluding hydrogens is 470 g/mol. The van der Waals surface area contributed by atoms with Gasteiger partial charge in [0.15, 0.2) is 0 Å². The fourth-order valence-corrected chi connectivity index (χ4v) is 4.65. The molecule has 5 rings (SSSR count). The maximum Gasteiger partial charge on any atom is 0.268 e. The molecule has 0 saturated heterocycles. The normalized spacial score (nSPS) is 10.9. The van der Waals surface area contributed by atoms with Crippen molar-refractivity contribution in [3.8, 4) is 0 Å². The largest absolute Gasteiger partial charge is 0.347 e. The highest BCUT2D eigenvalue weighted by molar-refractivity contribution is 6.06. The highest BCUT2D eigenvalue weighted by Gasteiger charge is 2.17. The zero-order chi connectivity index (χ0) is 26.6. The Morgan fingerprint density at radius 2 is 1.50 bits per heavy atom. The first-order chi connectivity index (χ1) is 18.4. The van der Waals surface area contributed by atoms with Crippen LogP contribution in [0, 0.1) is 20.8 Å². The van der Waals surface area contributed by atoms with E-state index in [0.29, 0.717) is 30.0 Å². The van der Waals surface area contributed by atoms with Crippen molar-refractivity contribution in [3.05, 3.63) is 136 Å². The number of carbonyl (C=O) groups excluding carboxylic acids is 2. The van der Waals surface area contributed by atoms with Gasteiger partial charge in [0.2, 0.25) is 0 Å². The third kappa shape index (κ3) is 5.52. The second kappa shape index (κ2) is 10.8. The molecule has 0 unspecified atom stereocenters. The van der Waals surface area contributed by atoms with Crippen molar-refractivity contribution in [1.29, 1.82) is 0 Å². The third-order valence-corrected chi connectivity index (χ3v) is 6.88. The summed E-state index contributed by atoms with van der Waals surface area (Å²) in [5.41, 5.74) is 8.37. The Morgan fingerprint density at radius 3 is 2.26 bits per heavy atom. The number of nitrogens with one attached hydrogen (secondary N) is 2. The van der Waals surface area contributed by atoms with Gasteiger partial charge in [-0.05, 0) is 79.4 Å². The van der Waals surface area contributed by atoms with Gasteiger partial charge in [0, 0.05) is 35.2 Å². The summed E-state index contributed by atoms with van der Waals surface area (Å²) in [7, 11) is 0. The first-order valence-electron chi connectivity index (χ1n) is 12.8. The van der Waals surface area contributed by atoms with Crippen LogP contribution in [-0.4, -0.2) is 16.4 Å². The Hall–Kier alpha value is -4.64. The van der Waals surface area contributed by atoms with E-state index < -0.39 is 0 Å². The Labute approximate surface area is 223 Å². The lowest BCUT2D eigenvalue weighted by molar-refractivity contribution is 0.0941. The quantitative estimate of drug-likeness (QED) is 0.258. The summed E-state index contributed by atoms with van der Waals surface area (Å²) in [6.07, 6.45) is 0. The van der Waals surface area contributed by atoms with Crippen LogP contribution in [-0.2, 0) is 13.1 Å². The van der Waals surface area contributed by atoms with Crippen LogP contribution in [0.1, 0.15) is 48.7 Å². The second-order valence-electron chi connectivity index (χ2n) is 9.80. The molecule has 0 aliphatic carbocycles. The molecule has 0 saturated carbocycles. The SMILES string of the molecule is Cc1cccc(Cn2c(C(=O)NCc3ccccc3)cc3cc(NC(=O)c4ccc(C)c(C)c4)ccc32)c1. The number of rotatable bonds is 7. The lowest BCUT2D eigenvalue weighted by atomic mass is 10.1. The van der Waals surface area contributed by atoms with Crippen LogP contribution < -0.4 is 10.6 Å². The van der Waals surface area contributed by atoms with E-state index in [1.807, 2.05) is 97.3 Å². The fourth-order valence-electron chi connectivity index (χ4n) is 4.65. The number of amides is 2. The molecule has 0 spiro atoms. The number of benzene rings is 4. The van der Waals surface area contributed by atoms with Crippen molar-refractivity contribution in [3.63, 3.8) is 0 Å². The van der Waals surface area contributed by atoms with E-state index in [2.05, 4.69) is 35.8 Å². The molecule has 2 amide bonds. The summed E-state index contributed by atoms with van der Waals surface area (Å²) in [4.78, 5) is 26.3. The van der Waals surface area contributed by atoms with E-state index >= 15 is 0 Å². The number of fused-ring (bicyclic) bond motifs is 1. The smallest absolute Gasteiger partial charge is 0.268 e. The average Bonchev–Trinajstić information content (AvgIpc) is 3.27. The molecule has 5 heteroatoms. The van der Waals surface area contributed by atoms with Gasteiger partial charge in [0.1, 0.15) is 5.69 Å². The molecule has 0 aliphatic heterocycles. The lowest BCUT2D eigenvalue weighted by Gasteiger charge is -2.12. The van der Waals surface area contributed by atoms with Crippen molar-refractivity contribution in [1.82, 2.24) is 9.88 Å². The molecule has 190 valence electrons. The summed E-state index contributed by atoms with van der Waals surface area (Å²) >= 11 is 0.